The van der Waals surface area contributed by atoms with E-state index in [1.165, 1.54) is 32.1 Å². The first-order valence-electron chi connectivity index (χ1n) is 8.97. The average Bonchev–Trinajstić information content (AvgIpc) is 2.79. The van der Waals surface area contributed by atoms with Crippen molar-refractivity contribution < 1.29 is 5.11 Å². The zero-order chi connectivity index (χ0) is 14.7. The van der Waals surface area contributed by atoms with Gasteiger partial charge in [0.05, 0.1) is 0 Å². The fourth-order valence-corrected chi connectivity index (χ4v) is 6.49. The fraction of sp³-hybridized carbons (Fsp3) is 0.800. The summed E-state index contributed by atoms with van der Waals surface area (Å²) < 4.78 is 0. The zero-order valence-corrected chi connectivity index (χ0v) is 13.2. The molecule has 0 amide bonds. The highest BCUT2D eigenvalue weighted by atomic mass is 16.3. The van der Waals surface area contributed by atoms with Crippen molar-refractivity contribution in [3.63, 3.8) is 0 Å². The van der Waals surface area contributed by atoms with Crippen LogP contribution in [0.1, 0.15) is 58.3 Å². The highest BCUT2D eigenvalue weighted by Gasteiger charge is 2.61. The van der Waals surface area contributed by atoms with Gasteiger partial charge < -0.3 is 5.11 Å². The van der Waals surface area contributed by atoms with Crippen LogP contribution in [0, 0.1) is 47.3 Å². The molecule has 4 rings (SSSR count). The summed E-state index contributed by atoms with van der Waals surface area (Å²) in [5.41, 5.74) is -0.922. The molecule has 0 aromatic heterocycles. The topological polar surface area (TPSA) is 20.2 Å². The molecule has 0 aliphatic heterocycles. The number of terminal acetylenes is 1. The number of rotatable bonds is 0. The van der Waals surface area contributed by atoms with E-state index >= 15 is 0 Å². The van der Waals surface area contributed by atoms with Crippen LogP contribution in [0.3, 0.4) is 0 Å². The summed E-state index contributed by atoms with van der Waals surface area (Å²) in [6.45, 7) is 2.27. The van der Waals surface area contributed by atoms with E-state index in [9.17, 15) is 5.11 Å². The van der Waals surface area contributed by atoms with Gasteiger partial charge in [-0.1, -0.05) is 37.8 Å². The lowest BCUT2D eigenvalue weighted by atomic mass is 9.51. The first-order chi connectivity index (χ1) is 10.1. The molecule has 114 valence electrons. The molecule has 1 nitrogen and oxygen atoms in total. The summed E-state index contributed by atoms with van der Waals surface area (Å²) in [4.78, 5) is 0. The van der Waals surface area contributed by atoms with Crippen molar-refractivity contribution in [2.75, 3.05) is 0 Å². The number of fused-ring (bicyclic) bond motifs is 5. The molecule has 7 atom stereocenters. The van der Waals surface area contributed by atoms with Crippen LogP contribution < -0.4 is 0 Å². The van der Waals surface area contributed by atoms with Crippen molar-refractivity contribution in [2.24, 2.45) is 35.0 Å². The first kappa shape index (κ1) is 13.9. The average molecular weight is 284 g/mol. The van der Waals surface area contributed by atoms with E-state index in [2.05, 4.69) is 25.0 Å². The van der Waals surface area contributed by atoms with Crippen molar-refractivity contribution >= 4 is 0 Å². The molecule has 4 aliphatic rings. The van der Waals surface area contributed by atoms with Crippen molar-refractivity contribution in [1.82, 2.24) is 0 Å². The van der Waals surface area contributed by atoms with Gasteiger partial charge in [-0.15, -0.1) is 6.42 Å². The van der Waals surface area contributed by atoms with Gasteiger partial charge in [0.15, 0.2) is 0 Å². The third-order valence-corrected chi connectivity index (χ3v) is 7.78. The van der Waals surface area contributed by atoms with Crippen LogP contribution in [-0.4, -0.2) is 10.7 Å². The van der Waals surface area contributed by atoms with Gasteiger partial charge in [-0.05, 0) is 68.1 Å². The molecular weight excluding hydrogens is 256 g/mol. The third kappa shape index (κ3) is 1.75. The van der Waals surface area contributed by atoms with Gasteiger partial charge >= 0.3 is 0 Å². The Kier molecular flexibility index (Phi) is 3.06. The standard InChI is InChI=1S/C20H28O/c1-3-20(21)13-11-18-17-9-8-14-6-4-5-7-15(14)16(17)10-12-19(18,20)2/h1,8-9,14-18,21H,4-7,10-13H2,2H3/t14-,15+,16-,17-,18+,19+,20+/m1/s1. The lowest BCUT2D eigenvalue weighted by Crippen LogP contribution is -2.51. The Bertz CT molecular complexity index is 500. The number of allylic oxidation sites excluding steroid dienone is 2. The molecule has 0 unspecified atom stereocenters. The van der Waals surface area contributed by atoms with Gasteiger partial charge in [-0.25, -0.2) is 0 Å². The lowest BCUT2D eigenvalue weighted by molar-refractivity contribution is -0.0785. The second-order valence-corrected chi connectivity index (χ2v) is 8.34. The van der Waals surface area contributed by atoms with Crippen molar-refractivity contribution in [1.29, 1.82) is 0 Å². The largest absolute Gasteiger partial charge is 0.377 e. The maximum absolute atomic E-state index is 10.9. The monoisotopic (exact) mass is 284 g/mol. The molecule has 0 aromatic carbocycles. The number of hydrogen-bond acceptors (Lipinski definition) is 1. The van der Waals surface area contributed by atoms with Gasteiger partial charge in [0.2, 0.25) is 0 Å². The molecule has 0 radical (unpaired) electrons. The fourth-order valence-electron chi connectivity index (χ4n) is 6.49. The minimum atomic E-state index is -0.861. The molecule has 21 heavy (non-hydrogen) atoms. The Morgan fingerprint density at radius 1 is 1.05 bits per heavy atom. The second kappa shape index (κ2) is 4.63. The third-order valence-electron chi connectivity index (χ3n) is 7.78. The van der Waals surface area contributed by atoms with Gasteiger partial charge in [0.25, 0.3) is 0 Å². The van der Waals surface area contributed by atoms with Crippen LogP contribution in [0.5, 0.6) is 0 Å². The van der Waals surface area contributed by atoms with Crippen LogP contribution in [0.15, 0.2) is 12.2 Å². The smallest absolute Gasteiger partial charge is 0.130 e. The predicted molar refractivity (Wildman–Crippen MR) is 85.4 cm³/mol. The summed E-state index contributed by atoms with van der Waals surface area (Å²) >= 11 is 0. The number of aliphatic hydroxyl groups is 1. The molecule has 1 N–H and O–H groups in total. The highest BCUT2D eigenvalue weighted by molar-refractivity contribution is 5.25. The normalized spacial score (nSPS) is 55.2. The maximum Gasteiger partial charge on any atom is 0.130 e. The predicted octanol–water partition coefficient (Wildman–Crippen LogP) is 4.17. The molecule has 4 aliphatic carbocycles. The van der Waals surface area contributed by atoms with E-state index < -0.39 is 5.60 Å². The van der Waals surface area contributed by atoms with E-state index in [1.54, 1.807) is 0 Å². The van der Waals surface area contributed by atoms with E-state index in [-0.39, 0.29) is 5.41 Å². The molecule has 3 fully saturated rings. The summed E-state index contributed by atoms with van der Waals surface area (Å²) in [5.74, 6) is 6.65. The Morgan fingerprint density at radius 2 is 1.86 bits per heavy atom. The van der Waals surface area contributed by atoms with Crippen molar-refractivity contribution in [3.8, 4) is 12.3 Å². The molecule has 0 aromatic rings. The van der Waals surface area contributed by atoms with Crippen LogP contribution in [-0.2, 0) is 0 Å². The highest BCUT2D eigenvalue weighted by Crippen LogP contribution is 2.63. The Balaban J connectivity index is 1.67. The minimum absolute atomic E-state index is 0.0608. The minimum Gasteiger partial charge on any atom is -0.377 e. The van der Waals surface area contributed by atoms with Crippen LogP contribution in [0.25, 0.3) is 0 Å². The van der Waals surface area contributed by atoms with Gasteiger partial charge in [-0.3, -0.25) is 0 Å². The second-order valence-electron chi connectivity index (χ2n) is 8.34. The Hall–Kier alpha value is -0.740. The first-order valence-corrected chi connectivity index (χ1v) is 8.97. The molecule has 3 saturated carbocycles. The molecule has 0 saturated heterocycles. The molecule has 0 spiro atoms. The van der Waals surface area contributed by atoms with Crippen LogP contribution >= 0.6 is 0 Å². The molecule has 0 heterocycles. The summed E-state index contributed by atoms with van der Waals surface area (Å²) in [6, 6.07) is 0. The maximum atomic E-state index is 10.9. The Morgan fingerprint density at radius 3 is 2.67 bits per heavy atom. The van der Waals surface area contributed by atoms with Gasteiger partial charge in [-0.2, -0.15) is 0 Å². The summed E-state index contributed by atoms with van der Waals surface area (Å²) in [6.07, 6.45) is 20.8. The van der Waals surface area contributed by atoms with E-state index in [1.807, 2.05) is 0 Å². The quantitative estimate of drug-likeness (QED) is 0.523. The van der Waals surface area contributed by atoms with E-state index in [4.69, 9.17) is 6.42 Å². The van der Waals surface area contributed by atoms with Crippen molar-refractivity contribution in [2.45, 2.75) is 63.9 Å². The van der Waals surface area contributed by atoms with Crippen LogP contribution in [0.2, 0.25) is 0 Å². The molecule has 1 heteroatoms. The van der Waals surface area contributed by atoms with Crippen molar-refractivity contribution in [3.05, 3.63) is 12.2 Å². The van der Waals surface area contributed by atoms with E-state index in [0.717, 1.165) is 37.0 Å². The molecular formula is C20H28O. The van der Waals surface area contributed by atoms with Gasteiger partial charge in [0.1, 0.15) is 5.60 Å². The SMILES string of the molecule is C#C[C@]1(O)CC[C@H]2[C@@H]3C=C[C@H]4CCCC[C@@H]4[C@H]3CC[C@@]21C. The van der Waals surface area contributed by atoms with Crippen LogP contribution in [0.4, 0.5) is 0 Å². The summed E-state index contributed by atoms with van der Waals surface area (Å²) in [7, 11) is 0. The van der Waals surface area contributed by atoms with E-state index in [0.29, 0.717) is 11.8 Å². The summed E-state index contributed by atoms with van der Waals surface area (Å²) in [5, 5.41) is 10.9. The Labute approximate surface area is 129 Å². The van der Waals surface area contributed by atoms with Gasteiger partial charge in [0, 0.05) is 5.41 Å². The molecule has 0 bridgehead atoms. The lowest BCUT2D eigenvalue weighted by Gasteiger charge is -2.54. The number of hydrogen-bond donors (Lipinski definition) is 1. The zero-order valence-electron chi connectivity index (χ0n) is 13.2.